The highest BCUT2D eigenvalue weighted by Gasteiger charge is 2.30. The van der Waals surface area contributed by atoms with E-state index in [-0.39, 0.29) is 17.9 Å². The number of rotatable bonds is 4. The minimum atomic E-state index is -0.138. The lowest BCUT2D eigenvalue weighted by Gasteiger charge is -2.09. The fourth-order valence-electron chi connectivity index (χ4n) is 2.29. The third-order valence-corrected chi connectivity index (χ3v) is 3.91. The molecule has 0 aromatic carbocycles. The average Bonchev–Trinajstić information content (AvgIpc) is 2.90. The third-order valence-electron chi connectivity index (χ3n) is 3.42. The topological polar surface area (TPSA) is 56.1 Å². The number of ketones is 1. The maximum atomic E-state index is 12.2. The van der Waals surface area contributed by atoms with Crippen LogP contribution in [0, 0.1) is 6.92 Å². The maximum absolute atomic E-state index is 12.2. The minimum absolute atomic E-state index is 0.127. The summed E-state index contributed by atoms with van der Waals surface area (Å²) in [5.74, 6) is 0.138. The first kappa shape index (κ1) is 13.5. The Labute approximate surface area is 111 Å². The van der Waals surface area contributed by atoms with E-state index in [1.165, 1.54) is 0 Å². The number of ether oxygens (including phenoxy) is 1. The van der Waals surface area contributed by atoms with E-state index < -0.39 is 0 Å². The number of aromatic nitrogens is 2. The van der Waals surface area contributed by atoms with E-state index in [1.54, 1.807) is 11.8 Å². The second-order valence-electron chi connectivity index (χ2n) is 4.67. The Bertz CT molecular complexity index is 458. The second kappa shape index (κ2) is 5.38. The van der Waals surface area contributed by atoms with Crippen molar-refractivity contribution < 1.29 is 9.53 Å². The summed E-state index contributed by atoms with van der Waals surface area (Å²) in [6, 6.07) is -0.138. The highest BCUT2D eigenvalue weighted by molar-refractivity contribution is 6.32. The molecule has 0 bridgehead atoms. The van der Waals surface area contributed by atoms with Crippen molar-refractivity contribution in [2.24, 2.45) is 7.05 Å². The van der Waals surface area contributed by atoms with Gasteiger partial charge < -0.3 is 10.1 Å². The molecule has 100 valence electrons. The molecule has 0 aliphatic carbocycles. The van der Waals surface area contributed by atoms with Gasteiger partial charge in [0.05, 0.1) is 35.0 Å². The number of hydrogen-bond donors (Lipinski definition) is 1. The Kier molecular flexibility index (Phi) is 4.04. The molecule has 2 rings (SSSR count). The summed E-state index contributed by atoms with van der Waals surface area (Å²) >= 11 is 6.14. The normalized spacial score (nSPS) is 23.6. The molecule has 1 aromatic heterocycles. The Morgan fingerprint density at radius 2 is 2.39 bits per heavy atom. The van der Waals surface area contributed by atoms with Crippen molar-refractivity contribution in [2.75, 3.05) is 13.7 Å². The third kappa shape index (κ3) is 2.58. The Hall–Kier alpha value is -0.910. The van der Waals surface area contributed by atoms with Gasteiger partial charge in [-0.3, -0.25) is 9.48 Å². The van der Waals surface area contributed by atoms with Crippen LogP contribution in [0.15, 0.2) is 0 Å². The standard InChI is InChI=1S/C12H18ClN3O2/c1-7-12(13)10(16(2)15-7)5-11(17)9-4-8(18-3)6-14-9/h8-9,14H,4-6H2,1-3H3. The minimum Gasteiger partial charge on any atom is -0.380 e. The van der Waals surface area contributed by atoms with E-state index >= 15 is 0 Å². The first-order valence-corrected chi connectivity index (χ1v) is 6.37. The van der Waals surface area contributed by atoms with Gasteiger partial charge in [0, 0.05) is 20.7 Å². The van der Waals surface area contributed by atoms with Gasteiger partial charge in [0.1, 0.15) is 0 Å². The maximum Gasteiger partial charge on any atom is 0.155 e. The number of aryl methyl sites for hydroxylation is 2. The molecule has 2 heterocycles. The summed E-state index contributed by atoms with van der Waals surface area (Å²) in [4.78, 5) is 12.2. The van der Waals surface area contributed by atoms with Crippen molar-refractivity contribution in [3.8, 4) is 0 Å². The summed E-state index contributed by atoms with van der Waals surface area (Å²) in [7, 11) is 3.47. The zero-order valence-electron chi connectivity index (χ0n) is 10.9. The molecule has 2 unspecified atom stereocenters. The Balaban J connectivity index is 2.03. The lowest BCUT2D eigenvalue weighted by atomic mass is 10.1. The van der Waals surface area contributed by atoms with Crippen molar-refractivity contribution >= 4 is 17.4 Å². The zero-order chi connectivity index (χ0) is 13.3. The molecular weight excluding hydrogens is 254 g/mol. The van der Waals surface area contributed by atoms with Crippen molar-refractivity contribution in [1.82, 2.24) is 15.1 Å². The van der Waals surface area contributed by atoms with E-state index in [0.29, 0.717) is 11.4 Å². The highest BCUT2D eigenvalue weighted by Crippen LogP contribution is 2.21. The molecule has 0 radical (unpaired) electrons. The van der Waals surface area contributed by atoms with Gasteiger partial charge in [-0.1, -0.05) is 11.6 Å². The van der Waals surface area contributed by atoms with Gasteiger partial charge >= 0.3 is 0 Å². The van der Waals surface area contributed by atoms with Gasteiger partial charge in [-0.05, 0) is 13.3 Å². The van der Waals surface area contributed by atoms with Crippen molar-refractivity contribution in [1.29, 1.82) is 0 Å². The van der Waals surface area contributed by atoms with Gasteiger partial charge in [0.2, 0.25) is 0 Å². The van der Waals surface area contributed by atoms with Crippen LogP contribution in [0.25, 0.3) is 0 Å². The molecule has 6 heteroatoms. The number of halogens is 1. The van der Waals surface area contributed by atoms with Crippen LogP contribution in [-0.4, -0.2) is 41.4 Å². The SMILES string of the molecule is COC1CNC(C(=O)Cc2c(Cl)c(C)nn2C)C1. The summed E-state index contributed by atoms with van der Waals surface area (Å²) in [6.07, 6.45) is 1.16. The molecular formula is C12H18ClN3O2. The van der Waals surface area contributed by atoms with Crippen LogP contribution in [0.4, 0.5) is 0 Å². The monoisotopic (exact) mass is 271 g/mol. The number of nitrogens with one attached hydrogen (secondary N) is 1. The van der Waals surface area contributed by atoms with Crippen LogP contribution >= 0.6 is 11.6 Å². The lowest BCUT2D eigenvalue weighted by Crippen LogP contribution is -2.32. The zero-order valence-corrected chi connectivity index (χ0v) is 11.6. The molecule has 0 saturated carbocycles. The van der Waals surface area contributed by atoms with Crippen molar-refractivity contribution in [3.63, 3.8) is 0 Å². The molecule has 2 atom stereocenters. The molecule has 1 aliphatic heterocycles. The van der Waals surface area contributed by atoms with Crippen LogP contribution in [0.5, 0.6) is 0 Å². The predicted molar refractivity (Wildman–Crippen MR) is 68.9 cm³/mol. The van der Waals surface area contributed by atoms with Gasteiger partial charge in [-0.25, -0.2) is 0 Å². The van der Waals surface area contributed by atoms with Gasteiger partial charge in [-0.15, -0.1) is 0 Å². The molecule has 1 saturated heterocycles. The predicted octanol–water partition coefficient (Wildman–Crippen LogP) is 0.870. The molecule has 1 aliphatic rings. The first-order valence-electron chi connectivity index (χ1n) is 5.99. The van der Waals surface area contributed by atoms with Crippen molar-refractivity contribution in [3.05, 3.63) is 16.4 Å². The van der Waals surface area contributed by atoms with Crippen LogP contribution < -0.4 is 5.32 Å². The van der Waals surface area contributed by atoms with Gasteiger partial charge in [0.15, 0.2) is 5.78 Å². The van der Waals surface area contributed by atoms with Gasteiger partial charge in [0.25, 0.3) is 0 Å². The Morgan fingerprint density at radius 1 is 1.67 bits per heavy atom. The van der Waals surface area contributed by atoms with E-state index in [0.717, 1.165) is 24.4 Å². The average molecular weight is 272 g/mol. The molecule has 0 amide bonds. The van der Waals surface area contributed by atoms with E-state index in [4.69, 9.17) is 16.3 Å². The lowest BCUT2D eigenvalue weighted by molar-refractivity contribution is -0.120. The molecule has 1 N–H and O–H groups in total. The number of carbonyl (C=O) groups excluding carboxylic acids is 1. The largest absolute Gasteiger partial charge is 0.380 e. The van der Waals surface area contributed by atoms with Crippen LogP contribution in [0.3, 0.4) is 0 Å². The first-order chi connectivity index (χ1) is 8.52. The second-order valence-corrected chi connectivity index (χ2v) is 5.04. The fraction of sp³-hybridized carbons (Fsp3) is 0.667. The van der Waals surface area contributed by atoms with Crippen LogP contribution in [-0.2, 0) is 23.0 Å². The summed E-state index contributed by atoms with van der Waals surface area (Å²) < 4.78 is 6.91. The quantitative estimate of drug-likeness (QED) is 0.883. The Morgan fingerprint density at radius 3 is 2.89 bits per heavy atom. The molecule has 1 aromatic rings. The van der Waals surface area contributed by atoms with E-state index in [1.807, 2.05) is 14.0 Å². The molecule has 1 fully saturated rings. The number of hydrogen-bond acceptors (Lipinski definition) is 4. The molecule has 0 spiro atoms. The highest BCUT2D eigenvalue weighted by atomic mass is 35.5. The number of nitrogens with zero attached hydrogens (tertiary/aromatic N) is 2. The summed E-state index contributed by atoms with van der Waals surface area (Å²) in [5, 5.41) is 7.97. The summed E-state index contributed by atoms with van der Waals surface area (Å²) in [6.45, 7) is 2.57. The fourth-order valence-corrected chi connectivity index (χ4v) is 2.52. The molecule has 5 nitrogen and oxygen atoms in total. The van der Waals surface area contributed by atoms with Crippen molar-refractivity contribution in [2.45, 2.75) is 31.9 Å². The number of Topliss-reactive ketones (excluding diaryl/α,β-unsaturated/α-hetero) is 1. The van der Waals surface area contributed by atoms with E-state index in [9.17, 15) is 4.79 Å². The van der Waals surface area contributed by atoms with Gasteiger partial charge in [-0.2, -0.15) is 5.10 Å². The number of carbonyl (C=O) groups is 1. The smallest absolute Gasteiger partial charge is 0.155 e. The number of methoxy groups -OCH3 is 1. The molecule has 18 heavy (non-hydrogen) atoms. The summed E-state index contributed by atoms with van der Waals surface area (Å²) in [5.41, 5.74) is 1.54. The van der Waals surface area contributed by atoms with Crippen LogP contribution in [0.2, 0.25) is 5.02 Å². The van der Waals surface area contributed by atoms with E-state index in [2.05, 4.69) is 10.4 Å². The van der Waals surface area contributed by atoms with Crippen LogP contribution in [0.1, 0.15) is 17.8 Å².